The number of benzene rings is 2. The summed E-state index contributed by atoms with van der Waals surface area (Å²) in [5.41, 5.74) is 1.64. The highest BCUT2D eigenvalue weighted by Crippen LogP contribution is 2.40. The lowest BCUT2D eigenvalue weighted by molar-refractivity contribution is -0.137. The Balaban J connectivity index is 0.00000272. The second-order valence-electron chi connectivity index (χ2n) is 8.21. The van der Waals surface area contributed by atoms with Gasteiger partial charge in [-0.3, -0.25) is 0 Å². The van der Waals surface area contributed by atoms with Gasteiger partial charge in [0.2, 0.25) is 0 Å². The van der Waals surface area contributed by atoms with Crippen LogP contribution in [0, 0.1) is 0 Å². The van der Waals surface area contributed by atoms with Crippen molar-refractivity contribution < 1.29 is 13.2 Å². The van der Waals surface area contributed by atoms with Crippen molar-refractivity contribution in [2.24, 2.45) is 0 Å². The van der Waals surface area contributed by atoms with Gasteiger partial charge in [0.05, 0.1) is 11.1 Å². The molecule has 0 saturated carbocycles. The number of aromatic nitrogens is 4. The molecule has 31 heavy (non-hydrogen) atoms. The molecule has 1 aromatic heterocycles. The molecule has 0 N–H and O–H groups in total. The summed E-state index contributed by atoms with van der Waals surface area (Å²) in [6, 6.07) is 12.9. The average molecular weight is 452 g/mol. The number of halogens is 4. The van der Waals surface area contributed by atoms with Crippen LogP contribution in [-0.4, -0.2) is 26.8 Å². The minimum Gasteiger partial charge on any atom is -0.357 e. The zero-order valence-corrected chi connectivity index (χ0v) is 18.4. The molecule has 1 aliphatic heterocycles. The first-order valence-corrected chi connectivity index (χ1v) is 10.0. The van der Waals surface area contributed by atoms with Crippen LogP contribution in [0.4, 0.5) is 18.9 Å². The van der Waals surface area contributed by atoms with Gasteiger partial charge in [-0.15, -0.1) is 17.5 Å². The molecular weight excluding hydrogens is 427 g/mol. The zero-order valence-electron chi connectivity index (χ0n) is 17.6. The van der Waals surface area contributed by atoms with E-state index in [9.17, 15) is 13.2 Å². The molecule has 0 radical (unpaired) electrons. The lowest BCUT2D eigenvalue weighted by Crippen LogP contribution is -2.35. The molecule has 9 heteroatoms. The molecule has 0 spiro atoms. The number of anilines is 1. The topological polar surface area (TPSA) is 46.8 Å². The maximum Gasteiger partial charge on any atom is 0.416 e. The van der Waals surface area contributed by atoms with E-state index >= 15 is 0 Å². The van der Waals surface area contributed by atoms with Gasteiger partial charge in [0, 0.05) is 12.2 Å². The molecule has 2 heterocycles. The Morgan fingerprint density at radius 3 is 2.52 bits per heavy atom. The van der Waals surface area contributed by atoms with Crippen LogP contribution in [0.5, 0.6) is 0 Å². The summed E-state index contributed by atoms with van der Waals surface area (Å²) in [5.74, 6) is 0.540. The Hall–Kier alpha value is -2.61. The largest absolute Gasteiger partial charge is 0.416 e. The first-order chi connectivity index (χ1) is 14.2. The Kier molecular flexibility index (Phi) is 6.32. The van der Waals surface area contributed by atoms with E-state index in [1.807, 2.05) is 39.0 Å². The fourth-order valence-corrected chi connectivity index (χ4v) is 3.93. The van der Waals surface area contributed by atoms with Crippen molar-refractivity contribution in [2.45, 2.75) is 51.4 Å². The summed E-state index contributed by atoms with van der Waals surface area (Å²) < 4.78 is 42.1. The van der Waals surface area contributed by atoms with E-state index < -0.39 is 17.8 Å². The second-order valence-corrected chi connectivity index (χ2v) is 8.21. The molecular formula is C22H25ClF3N5. The van der Waals surface area contributed by atoms with Crippen molar-refractivity contribution >= 4 is 18.1 Å². The normalized spacial score (nSPS) is 14.8. The van der Waals surface area contributed by atoms with E-state index in [-0.39, 0.29) is 17.9 Å². The molecule has 5 nitrogen and oxygen atoms in total. The number of rotatable bonds is 5. The maximum absolute atomic E-state index is 13.5. The van der Waals surface area contributed by atoms with Crippen molar-refractivity contribution in [1.82, 2.24) is 20.2 Å². The van der Waals surface area contributed by atoms with Crippen LogP contribution < -0.4 is 4.90 Å². The summed E-state index contributed by atoms with van der Waals surface area (Å²) in [6.07, 6.45) is -2.82. The van der Waals surface area contributed by atoms with Gasteiger partial charge in [-0.25, -0.2) is 4.68 Å². The van der Waals surface area contributed by atoms with Gasteiger partial charge in [0.25, 0.3) is 0 Å². The van der Waals surface area contributed by atoms with Crippen LogP contribution in [0.2, 0.25) is 0 Å². The number of para-hydroxylation sites is 1. The van der Waals surface area contributed by atoms with Crippen LogP contribution in [0.15, 0.2) is 48.5 Å². The molecule has 1 unspecified atom stereocenters. The van der Waals surface area contributed by atoms with Gasteiger partial charge >= 0.3 is 6.18 Å². The third-order valence-electron chi connectivity index (χ3n) is 5.94. The highest BCUT2D eigenvalue weighted by atomic mass is 35.5. The highest BCUT2D eigenvalue weighted by Gasteiger charge is 2.37. The van der Waals surface area contributed by atoms with Crippen LogP contribution in [0.1, 0.15) is 55.7 Å². The lowest BCUT2D eigenvalue weighted by Gasteiger charge is -2.33. The third kappa shape index (κ3) is 4.26. The number of hydrogen-bond acceptors (Lipinski definition) is 4. The Labute approximate surface area is 185 Å². The van der Waals surface area contributed by atoms with Gasteiger partial charge in [-0.05, 0) is 66.4 Å². The van der Waals surface area contributed by atoms with E-state index in [1.165, 1.54) is 17.7 Å². The van der Waals surface area contributed by atoms with Gasteiger partial charge in [-0.1, -0.05) is 37.3 Å². The number of fused-ring (bicyclic) bond motifs is 1. The molecule has 166 valence electrons. The van der Waals surface area contributed by atoms with E-state index in [0.29, 0.717) is 17.9 Å². The number of tetrazole rings is 1. The number of hydrogen-bond donors (Lipinski definition) is 0. The van der Waals surface area contributed by atoms with Crippen LogP contribution in [0.3, 0.4) is 0 Å². The summed E-state index contributed by atoms with van der Waals surface area (Å²) in [7, 11) is 0. The van der Waals surface area contributed by atoms with Crippen molar-refractivity contribution in [1.29, 1.82) is 0 Å². The molecule has 3 aromatic rings. The summed E-state index contributed by atoms with van der Waals surface area (Å²) in [6.45, 7) is 6.76. The Bertz CT molecular complexity index is 1050. The predicted octanol–water partition coefficient (Wildman–Crippen LogP) is 5.41. The van der Waals surface area contributed by atoms with E-state index in [0.717, 1.165) is 24.6 Å². The quantitative estimate of drug-likeness (QED) is 0.520. The first-order valence-electron chi connectivity index (χ1n) is 10.0. The van der Waals surface area contributed by atoms with Crippen molar-refractivity contribution in [3.63, 3.8) is 0 Å². The monoisotopic (exact) mass is 451 g/mol. The number of alkyl halides is 3. The Morgan fingerprint density at radius 1 is 1.06 bits per heavy atom. The smallest absolute Gasteiger partial charge is 0.357 e. The van der Waals surface area contributed by atoms with Gasteiger partial charge in [0.1, 0.15) is 6.04 Å². The molecule has 4 rings (SSSR count). The molecule has 0 saturated heterocycles. The molecule has 1 aliphatic rings. The van der Waals surface area contributed by atoms with Gasteiger partial charge < -0.3 is 4.90 Å². The zero-order chi connectivity index (χ0) is 21.5. The molecule has 1 atom stereocenters. The minimum atomic E-state index is -4.42. The van der Waals surface area contributed by atoms with Crippen molar-refractivity contribution in [2.75, 3.05) is 11.4 Å². The summed E-state index contributed by atoms with van der Waals surface area (Å²) in [5, 5.41) is 12.4. The molecule has 0 amide bonds. The van der Waals surface area contributed by atoms with Gasteiger partial charge in [0.15, 0.2) is 5.82 Å². The Morgan fingerprint density at radius 2 is 1.81 bits per heavy atom. The van der Waals surface area contributed by atoms with E-state index in [4.69, 9.17) is 0 Å². The molecule has 2 aromatic carbocycles. The van der Waals surface area contributed by atoms with Crippen molar-refractivity contribution in [3.05, 3.63) is 71.0 Å². The minimum absolute atomic E-state index is 0. The van der Waals surface area contributed by atoms with Crippen LogP contribution >= 0.6 is 12.4 Å². The van der Waals surface area contributed by atoms with E-state index in [1.54, 1.807) is 10.7 Å². The van der Waals surface area contributed by atoms with Crippen LogP contribution in [-0.2, 0) is 18.1 Å². The first kappa shape index (κ1) is 23.1. The number of nitrogens with zero attached hydrogens (tertiary/aromatic N) is 5. The summed E-state index contributed by atoms with van der Waals surface area (Å²) >= 11 is 0. The lowest BCUT2D eigenvalue weighted by atomic mass is 9.98. The van der Waals surface area contributed by atoms with Crippen LogP contribution in [0.25, 0.3) is 0 Å². The maximum atomic E-state index is 13.5. The summed E-state index contributed by atoms with van der Waals surface area (Å²) in [4.78, 5) is 2.11. The molecule has 0 aliphatic carbocycles. The fraction of sp³-hybridized carbons (Fsp3) is 0.409. The predicted molar refractivity (Wildman–Crippen MR) is 115 cm³/mol. The fourth-order valence-electron chi connectivity index (χ4n) is 3.93. The average Bonchev–Trinajstić information content (AvgIpc) is 3.37. The third-order valence-corrected chi connectivity index (χ3v) is 5.94. The van der Waals surface area contributed by atoms with Gasteiger partial charge in [-0.2, -0.15) is 13.2 Å². The second kappa shape index (κ2) is 8.49. The van der Waals surface area contributed by atoms with E-state index in [2.05, 4.69) is 26.5 Å². The molecule has 0 fully saturated rings. The highest BCUT2D eigenvalue weighted by molar-refractivity contribution is 5.85. The standard InChI is InChI=1S/C22H24F3N5.ClH/c1-4-21(2,3)30-20(26-27-28-30)19(16-9-7-10-17(14-16)22(23,24)25)29-13-12-15-8-5-6-11-18(15)29;/h5-11,14,19H,4,12-13H2,1-3H3;1H. The SMILES string of the molecule is CCC(C)(C)n1nnnc1C(c1cccc(C(F)(F)F)c1)N1CCc2ccccc21.Cl. The van der Waals surface area contributed by atoms with Crippen molar-refractivity contribution in [3.8, 4) is 0 Å². The molecule has 0 bridgehead atoms.